The van der Waals surface area contributed by atoms with E-state index in [-0.39, 0.29) is 0 Å². The largest absolute Gasteiger partial charge is 0.332 e. The average Bonchev–Trinajstić information content (AvgIpc) is 2.62. The first-order valence-corrected chi connectivity index (χ1v) is 5.72. The number of hydrogen-bond acceptors (Lipinski definition) is 2. The number of nitrogens with one attached hydrogen (secondary N) is 3. The highest BCUT2D eigenvalue weighted by Crippen LogP contribution is 2.16. The molecule has 1 aromatic carbocycles. The minimum Gasteiger partial charge on any atom is -0.332 e. The Balaban J connectivity index is 2.03. The van der Waals surface area contributed by atoms with Gasteiger partial charge in [-0.3, -0.25) is 5.10 Å². The van der Waals surface area contributed by atoms with Gasteiger partial charge in [-0.15, -0.1) is 0 Å². The lowest BCUT2D eigenvalue weighted by Crippen LogP contribution is -2.19. The summed E-state index contributed by atoms with van der Waals surface area (Å²) in [7, 11) is 0. The van der Waals surface area contributed by atoms with Crippen molar-refractivity contribution in [2.75, 3.05) is 10.6 Å². The molecule has 0 atom stereocenters. The summed E-state index contributed by atoms with van der Waals surface area (Å²) >= 11 is 5.24. The second-order valence-corrected chi connectivity index (χ2v) is 4.16. The van der Waals surface area contributed by atoms with Crippen LogP contribution in [-0.2, 0) is 0 Å². The maximum absolute atomic E-state index is 5.24. The molecule has 3 N–H and O–H groups in total. The molecule has 1 aromatic heterocycles. The van der Waals surface area contributed by atoms with Gasteiger partial charge in [0.2, 0.25) is 0 Å². The molecule has 0 fully saturated rings. The molecule has 88 valence electrons. The zero-order valence-electron chi connectivity index (χ0n) is 9.74. The van der Waals surface area contributed by atoms with Crippen molar-refractivity contribution in [3.8, 4) is 0 Å². The number of benzene rings is 1. The summed E-state index contributed by atoms with van der Waals surface area (Å²) in [5.74, 6) is 0. The van der Waals surface area contributed by atoms with Crippen LogP contribution in [0.1, 0.15) is 11.4 Å². The van der Waals surface area contributed by atoms with Crippen molar-refractivity contribution in [2.24, 2.45) is 0 Å². The lowest BCUT2D eigenvalue weighted by Gasteiger charge is -2.10. The van der Waals surface area contributed by atoms with Gasteiger partial charge in [0, 0.05) is 5.69 Å². The summed E-state index contributed by atoms with van der Waals surface area (Å²) in [4.78, 5) is 0. The van der Waals surface area contributed by atoms with E-state index in [9.17, 15) is 0 Å². The van der Waals surface area contributed by atoms with Crippen molar-refractivity contribution in [1.82, 2.24) is 10.2 Å². The third-order valence-electron chi connectivity index (χ3n) is 2.40. The lowest BCUT2D eigenvalue weighted by molar-refractivity contribution is 1.02. The Labute approximate surface area is 105 Å². The molecule has 0 amide bonds. The van der Waals surface area contributed by atoms with Crippen LogP contribution in [0.25, 0.3) is 0 Å². The molecule has 0 aliphatic carbocycles. The number of aromatic nitrogens is 2. The number of anilines is 2. The van der Waals surface area contributed by atoms with E-state index in [1.807, 2.05) is 44.2 Å². The molecule has 0 saturated heterocycles. The van der Waals surface area contributed by atoms with Crippen LogP contribution in [0.2, 0.25) is 0 Å². The standard InChI is InChI=1S/C12H14N4S/c1-8-11(9(2)16-15-8)14-12(17)13-10-6-4-3-5-7-10/h3-7H,1-2H3,(H,15,16)(H2,13,14,17). The molecular weight excluding hydrogens is 232 g/mol. The molecule has 0 spiro atoms. The van der Waals surface area contributed by atoms with Crippen LogP contribution in [0, 0.1) is 13.8 Å². The number of H-pyrrole nitrogens is 1. The number of para-hydroxylation sites is 1. The first kappa shape index (κ1) is 11.6. The molecule has 1 heterocycles. The van der Waals surface area contributed by atoms with E-state index in [2.05, 4.69) is 20.8 Å². The van der Waals surface area contributed by atoms with Crippen LogP contribution >= 0.6 is 12.2 Å². The predicted octanol–water partition coefficient (Wildman–Crippen LogP) is 2.84. The van der Waals surface area contributed by atoms with Crippen molar-refractivity contribution >= 4 is 28.7 Å². The zero-order valence-corrected chi connectivity index (χ0v) is 10.6. The van der Waals surface area contributed by atoms with E-state index in [1.165, 1.54) is 0 Å². The molecule has 2 aromatic rings. The number of hydrogen-bond donors (Lipinski definition) is 3. The molecule has 4 nitrogen and oxygen atoms in total. The number of thiocarbonyl (C=S) groups is 1. The Morgan fingerprint density at radius 1 is 1.18 bits per heavy atom. The number of aryl methyl sites for hydroxylation is 2. The second-order valence-electron chi connectivity index (χ2n) is 3.75. The monoisotopic (exact) mass is 246 g/mol. The van der Waals surface area contributed by atoms with Crippen LogP contribution in [0.4, 0.5) is 11.4 Å². The summed E-state index contributed by atoms with van der Waals surface area (Å²) < 4.78 is 0. The van der Waals surface area contributed by atoms with Gasteiger partial charge in [-0.25, -0.2) is 0 Å². The van der Waals surface area contributed by atoms with E-state index in [1.54, 1.807) is 0 Å². The lowest BCUT2D eigenvalue weighted by atomic mass is 10.3. The van der Waals surface area contributed by atoms with Gasteiger partial charge in [-0.05, 0) is 38.2 Å². The molecule has 2 rings (SSSR count). The quantitative estimate of drug-likeness (QED) is 0.713. The topological polar surface area (TPSA) is 52.7 Å². The Morgan fingerprint density at radius 3 is 2.47 bits per heavy atom. The summed E-state index contributed by atoms with van der Waals surface area (Å²) in [5, 5.41) is 13.8. The van der Waals surface area contributed by atoms with Gasteiger partial charge in [0.1, 0.15) is 0 Å². The Morgan fingerprint density at radius 2 is 1.88 bits per heavy atom. The highest BCUT2D eigenvalue weighted by Gasteiger charge is 2.07. The van der Waals surface area contributed by atoms with Crippen molar-refractivity contribution in [2.45, 2.75) is 13.8 Å². The molecular formula is C12H14N4S. The fourth-order valence-electron chi connectivity index (χ4n) is 1.53. The summed E-state index contributed by atoms with van der Waals surface area (Å²) in [5.41, 5.74) is 3.77. The van der Waals surface area contributed by atoms with Crippen molar-refractivity contribution in [3.05, 3.63) is 41.7 Å². The predicted molar refractivity (Wildman–Crippen MR) is 74.3 cm³/mol. The van der Waals surface area contributed by atoms with E-state index in [0.29, 0.717) is 5.11 Å². The fourth-order valence-corrected chi connectivity index (χ4v) is 1.75. The maximum atomic E-state index is 5.24. The Bertz CT molecular complexity index is 499. The maximum Gasteiger partial charge on any atom is 0.175 e. The van der Waals surface area contributed by atoms with E-state index >= 15 is 0 Å². The third kappa shape index (κ3) is 2.82. The van der Waals surface area contributed by atoms with Gasteiger partial charge in [0.25, 0.3) is 0 Å². The molecule has 0 saturated carbocycles. The van der Waals surface area contributed by atoms with Crippen LogP contribution < -0.4 is 10.6 Å². The highest BCUT2D eigenvalue weighted by atomic mass is 32.1. The van der Waals surface area contributed by atoms with Gasteiger partial charge >= 0.3 is 0 Å². The number of nitrogens with zero attached hydrogens (tertiary/aromatic N) is 1. The van der Waals surface area contributed by atoms with E-state index < -0.39 is 0 Å². The SMILES string of the molecule is Cc1n[nH]c(C)c1NC(=S)Nc1ccccc1. The van der Waals surface area contributed by atoms with Crippen LogP contribution in [0.5, 0.6) is 0 Å². The second kappa shape index (κ2) is 4.97. The summed E-state index contributed by atoms with van der Waals surface area (Å²) in [6.07, 6.45) is 0. The summed E-state index contributed by atoms with van der Waals surface area (Å²) in [6.45, 7) is 3.88. The van der Waals surface area contributed by atoms with Crippen molar-refractivity contribution in [1.29, 1.82) is 0 Å². The van der Waals surface area contributed by atoms with Gasteiger partial charge in [0.05, 0.1) is 17.1 Å². The molecule has 0 aliphatic rings. The molecule has 0 radical (unpaired) electrons. The van der Waals surface area contributed by atoms with Gasteiger partial charge in [-0.2, -0.15) is 5.10 Å². The smallest absolute Gasteiger partial charge is 0.175 e. The first-order valence-electron chi connectivity index (χ1n) is 5.31. The van der Waals surface area contributed by atoms with Crippen molar-refractivity contribution in [3.63, 3.8) is 0 Å². The molecule has 0 bridgehead atoms. The minimum absolute atomic E-state index is 0.559. The summed E-state index contributed by atoms with van der Waals surface area (Å²) in [6, 6.07) is 9.80. The first-order chi connectivity index (χ1) is 8.16. The van der Waals surface area contributed by atoms with Gasteiger partial charge < -0.3 is 10.6 Å². The Kier molecular flexibility index (Phi) is 3.39. The van der Waals surface area contributed by atoms with Gasteiger partial charge in [-0.1, -0.05) is 18.2 Å². The third-order valence-corrected chi connectivity index (χ3v) is 2.60. The molecule has 0 unspecified atom stereocenters. The highest BCUT2D eigenvalue weighted by molar-refractivity contribution is 7.80. The average molecular weight is 246 g/mol. The molecule has 5 heteroatoms. The van der Waals surface area contributed by atoms with Gasteiger partial charge in [0.15, 0.2) is 5.11 Å². The van der Waals surface area contributed by atoms with E-state index in [4.69, 9.17) is 12.2 Å². The number of aromatic amines is 1. The van der Waals surface area contributed by atoms with Crippen molar-refractivity contribution < 1.29 is 0 Å². The Hall–Kier alpha value is -1.88. The zero-order chi connectivity index (χ0) is 12.3. The number of rotatable bonds is 2. The van der Waals surface area contributed by atoms with E-state index in [0.717, 1.165) is 22.8 Å². The minimum atomic E-state index is 0.559. The van der Waals surface area contributed by atoms with Crippen LogP contribution in [0.15, 0.2) is 30.3 Å². The molecule has 17 heavy (non-hydrogen) atoms. The van der Waals surface area contributed by atoms with Crippen LogP contribution in [0.3, 0.4) is 0 Å². The fraction of sp³-hybridized carbons (Fsp3) is 0.167. The van der Waals surface area contributed by atoms with Crippen LogP contribution in [-0.4, -0.2) is 15.3 Å². The molecule has 0 aliphatic heterocycles. The normalized spacial score (nSPS) is 10.0.